The van der Waals surface area contributed by atoms with E-state index in [9.17, 15) is 8.78 Å². The number of hydrogen-bond donors (Lipinski definition) is 0. The third-order valence-electron chi connectivity index (χ3n) is 2.52. The first-order chi connectivity index (χ1) is 8.02. The average Bonchev–Trinajstić information content (AvgIpc) is 2.52. The van der Waals surface area contributed by atoms with E-state index in [4.69, 9.17) is 6.42 Å². The fourth-order valence-corrected chi connectivity index (χ4v) is 1.83. The van der Waals surface area contributed by atoms with Gasteiger partial charge in [0.25, 0.3) is 0 Å². The number of hydrogen-bond acceptors (Lipinski definition) is 1. The van der Waals surface area contributed by atoms with Crippen molar-refractivity contribution in [3.8, 4) is 18.0 Å². The van der Waals surface area contributed by atoms with E-state index in [0.717, 1.165) is 6.07 Å². The van der Waals surface area contributed by atoms with Crippen molar-refractivity contribution in [2.75, 3.05) is 0 Å². The molecular weight excluding hydrogens is 222 g/mol. The molecule has 1 aromatic heterocycles. The van der Waals surface area contributed by atoms with E-state index in [-0.39, 0.29) is 0 Å². The average molecular weight is 232 g/mol. The van der Waals surface area contributed by atoms with Crippen LogP contribution >= 0.6 is 0 Å². The third-order valence-corrected chi connectivity index (χ3v) is 2.52. The summed E-state index contributed by atoms with van der Waals surface area (Å²) in [7, 11) is 0. The lowest BCUT2D eigenvalue weighted by Gasteiger charge is -2.08. The lowest BCUT2D eigenvalue weighted by atomic mass is 10.2. The minimum absolute atomic E-state index is 0.381. The summed E-state index contributed by atoms with van der Waals surface area (Å²) in [6.45, 7) is 3.49. The Morgan fingerprint density at radius 1 is 1.18 bits per heavy atom. The van der Waals surface area contributed by atoms with Crippen molar-refractivity contribution in [2.45, 2.75) is 13.8 Å². The first kappa shape index (κ1) is 11.3. The van der Waals surface area contributed by atoms with E-state index in [0.29, 0.717) is 22.9 Å². The van der Waals surface area contributed by atoms with Gasteiger partial charge in [0.05, 0.1) is 11.4 Å². The Morgan fingerprint density at radius 2 is 1.76 bits per heavy atom. The zero-order valence-corrected chi connectivity index (χ0v) is 9.46. The predicted octanol–water partition coefficient (Wildman–Crippen LogP) is 2.75. The largest absolute Gasteiger partial charge is 0.300 e. The Kier molecular flexibility index (Phi) is 2.68. The molecule has 17 heavy (non-hydrogen) atoms. The molecule has 0 saturated heterocycles. The van der Waals surface area contributed by atoms with Crippen LogP contribution in [0.25, 0.3) is 5.69 Å². The van der Waals surface area contributed by atoms with Crippen molar-refractivity contribution in [3.63, 3.8) is 0 Å². The van der Waals surface area contributed by atoms with Crippen LogP contribution in [0.4, 0.5) is 8.78 Å². The number of imidazole rings is 1. The van der Waals surface area contributed by atoms with Gasteiger partial charge in [-0.25, -0.2) is 13.8 Å². The molecule has 0 aliphatic heterocycles. The van der Waals surface area contributed by atoms with Crippen LogP contribution in [0.1, 0.15) is 17.2 Å². The van der Waals surface area contributed by atoms with Crippen molar-refractivity contribution in [3.05, 3.63) is 47.0 Å². The Balaban J connectivity index is 2.69. The van der Waals surface area contributed by atoms with Crippen LogP contribution in [-0.4, -0.2) is 9.55 Å². The summed E-state index contributed by atoms with van der Waals surface area (Å²) in [5.74, 6) is 1.77. The van der Waals surface area contributed by atoms with Gasteiger partial charge in [0.2, 0.25) is 0 Å². The summed E-state index contributed by atoms with van der Waals surface area (Å²) in [4.78, 5) is 4.15. The summed E-state index contributed by atoms with van der Waals surface area (Å²) >= 11 is 0. The van der Waals surface area contributed by atoms with E-state index in [1.807, 2.05) is 0 Å². The Hall–Kier alpha value is -2.15. The highest BCUT2D eigenvalue weighted by molar-refractivity contribution is 5.41. The zero-order valence-electron chi connectivity index (χ0n) is 9.46. The smallest absolute Gasteiger partial charge is 0.134 e. The van der Waals surface area contributed by atoms with Crippen LogP contribution in [0.2, 0.25) is 0 Å². The molecule has 1 aromatic carbocycles. The van der Waals surface area contributed by atoms with Crippen molar-refractivity contribution >= 4 is 0 Å². The molecule has 86 valence electrons. The SMILES string of the molecule is C#Cc1nc(C)n(-c2cc(F)cc(F)c2)c1C. The van der Waals surface area contributed by atoms with E-state index in [1.165, 1.54) is 12.1 Å². The van der Waals surface area contributed by atoms with Crippen molar-refractivity contribution < 1.29 is 8.78 Å². The minimum Gasteiger partial charge on any atom is -0.300 e. The molecule has 0 N–H and O–H groups in total. The molecule has 2 aromatic rings. The Bertz CT molecular complexity index is 601. The van der Waals surface area contributed by atoms with Crippen molar-refractivity contribution in [2.24, 2.45) is 0 Å². The van der Waals surface area contributed by atoms with Gasteiger partial charge in [0.15, 0.2) is 0 Å². The van der Waals surface area contributed by atoms with Crippen molar-refractivity contribution in [1.82, 2.24) is 9.55 Å². The summed E-state index contributed by atoms with van der Waals surface area (Å²) < 4.78 is 27.9. The van der Waals surface area contributed by atoms with Gasteiger partial charge in [-0.1, -0.05) is 0 Å². The van der Waals surface area contributed by atoms with Crippen LogP contribution in [0.3, 0.4) is 0 Å². The van der Waals surface area contributed by atoms with Gasteiger partial charge in [-0.3, -0.25) is 4.57 Å². The van der Waals surface area contributed by atoms with E-state index in [2.05, 4.69) is 10.9 Å². The standard InChI is InChI=1S/C13H10F2N2/c1-4-13-8(2)17(9(3)16-13)12-6-10(14)5-11(15)7-12/h1,5-7H,2-3H3. The lowest BCUT2D eigenvalue weighted by molar-refractivity contribution is 0.581. The summed E-state index contributed by atoms with van der Waals surface area (Å²) in [5, 5.41) is 0. The maximum atomic E-state index is 13.2. The molecule has 0 aliphatic rings. The highest BCUT2D eigenvalue weighted by Crippen LogP contribution is 2.19. The fourth-order valence-electron chi connectivity index (χ4n) is 1.83. The molecule has 0 bridgehead atoms. The monoisotopic (exact) mass is 232 g/mol. The molecule has 2 rings (SSSR count). The highest BCUT2D eigenvalue weighted by Gasteiger charge is 2.12. The molecule has 0 amide bonds. The number of aromatic nitrogens is 2. The molecule has 4 heteroatoms. The van der Waals surface area contributed by atoms with Gasteiger partial charge in [0, 0.05) is 6.07 Å². The quantitative estimate of drug-likeness (QED) is 0.691. The van der Waals surface area contributed by atoms with Crippen LogP contribution in [0, 0.1) is 37.8 Å². The molecular formula is C13H10F2N2. The minimum atomic E-state index is -0.630. The molecule has 0 atom stereocenters. The van der Waals surface area contributed by atoms with E-state index < -0.39 is 11.6 Å². The Labute approximate surface area is 97.9 Å². The molecule has 0 spiro atoms. The lowest BCUT2D eigenvalue weighted by Crippen LogP contribution is -2.01. The molecule has 0 unspecified atom stereocenters. The zero-order chi connectivity index (χ0) is 12.6. The number of terminal acetylenes is 1. The van der Waals surface area contributed by atoms with Crippen LogP contribution < -0.4 is 0 Å². The number of nitrogens with zero attached hydrogens (tertiary/aromatic N) is 2. The molecule has 0 radical (unpaired) electrons. The van der Waals surface area contributed by atoms with Crippen LogP contribution in [0.5, 0.6) is 0 Å². The maximum Gasteiger partial charge on any atom is 0.134 e. The van der Waals surface area contributed by atoms with Crippen LogP contribution in [0.15, 0.2) is 18.2 Å². The highest BCUT2D eigenvalue weighted by atomic mass is 19.1. The van der Waals surface area contributed by atoms with Crippen molar-refractivity contribution in [1.29, 1.82) is 0 Å². The van der Waals surface area contributed by atoms with Gasteiger partial charge in [-0.15, -0.1) is 6.42 Å². The van der Waals surface area contributed by atoms with E-state index >= 15 is 0 Å². The van der Waals surface area contributed by atoms with Gasteiger partial charge in [-0.05, 0) is 31.9 Å². The van der Waals surface area contributed by atoms with Gasteiger partial charge in [-0.2, -0.15) is 0 Å². The fraction of sp³-hybridized carbons (Fsp3) is 0.154. The number of aryl methyl sites for hydroxylation is 1. The molecule has 1 heterocycles. The Morgan fingerprint density at radius 3 is 2.24 bits per heavy atom. The second kappa shape index (κ2) is 4.02. The van der Waals surface area contributed by atoms with Gasteiger partial charge >= 0.3 is 0 Å². The number of benzene rings is 1. The van der Waals surface area contributed by atoms with Gasteiger partial charge in [0.1, 0.15) is 23.2 Å². The topological polar surface area (TPSA) is 17.8 Å². The third kappa shape index (κ3) is 1.92. The molecule has 0 fully saturated rings. The summed E-state index contributed by atoms with van der Waals surface area (Å²) in [5.41, 5.74) is 1.55. The number of rotatable bonds is 1. The van der Waals surface area contributed by atoms with Crippen LogP contribution in [-0.2, 0) is 0 Å². The van der Waals surface area contributed by atoms with E-state index in [1.54, 1.807) is 18.4 Å². The molecule has 0 saturated carbocycles. The second-order valence-electron chi connectivity index (χ2n) is 3.70. The molecule has 0 aliphatic carbocycles. The maximum absolute atomic E-state index is 13.2. The summed E-state index contributed by atoms with van der Waals surface area (Å²) in [6.07, 6.45) is 5.30. The summed E-state index contributed by atoms with van der Waals surface area (Å²) in [6, 6.07) is 3.31. The normalized spacial score (nSPS) is 10.3. The predicted molar refractivity (Wildman–Crippen MR) is 60.9 cm³/mol. The first-order valence-corrected chi connectivity index (χ1v) is 5.02. The second-order valence-corrected chi connectivity index (χ2v) is 3.70. The van der Waals surface area contributed by atoms with Gasteiger partial charge < -0.3 is 0 Å². The molecule has 2 nitrogen and oxygen atoms in total. The number of halogens is 2. The first-order valence-electron chi connectivity index (χ1n) is 5.02.